The topological polar surface area (TPSA) is 17.3 Å². The lowest BCUT2D eigenvalue weighted by Crippen LogP contribution is -1.88. The summed E-state index contributed by atoms with van der Waals surface area (Å²) in [6.07, 6.45) is 3.78. The minimum Gasteiger partial charge on any atom is -0.304 e. The standard InChI is InChI=1S/C16H14Cl2N2/c1-9-4-11(3)13(5-10(9)2)15-8-20-7-12(17)6-14(18)16(20)19-15/h4-8H,1-3H3. The van der Waals surface area contributed by atoms with E-state index in [1.54, 1.807) is 6.07 Å². The van der Waals surface area contributed by atoms with E-state index in [1.165, 1.54) is 16.7 Å². The van der Waals surface area contributed by atoms with Gasteiger partial charge >= 0.3 is 0 Å². The van der Waals surface area contributed by atoms with Gasteiger partial charge in [-0.2, -0.15) is 0 Å². The molecular weight excluding hydrogens is 291 g/mol. The highest BCUT2D eigenvalue weighted by Gasteiger charge is 2.11. The first-order valence-corrected chi connectivity index (χ1v) is 7.13. The van der Waals surface area contributed by atoms with Crippen molar-refractivity contribution in [1.82, 2.24) is 9.38 Å². The van der Waals surface area contributed by atoms with Crippen molar-refractivity contribution in [2.75, 3.05) is 0 Å². The summed E-state index contributed by atoms with van der Waals surface area (Å²) in [5.74, 6) is 0. The second-order valence-electron chi connectivity index (χ2n) is 5.11. The van der Waals surface area contributed by atoms with Crippen LogP contribution >= 0.6 is 23.2 Å². The molecule has 2 aromatic heterocycles. The highest BCUT2D eigenvalue weighted by atomic mass is 35.5. The molecule has 0 amide bonds. The molecule has 0 atom stereocenters. The largest absolute Gasteiger partial charge is 0.304 e. The molecule has 4 heteroatoms. The van der Waals surface area contributed by atoms with Crippen LogP contribution in [0.4, 0.5) is 0 Å². The molecule has 3 rings (SSSR count). The minimum absolute atomic E-state index is 0.560. The molecule has 102 valence electrons. The molecule has 0 N–H and O–H groups in total. The van der Waals surface area contributed by atoms with Crippen LogP contribution in [0.15, 0.2) is 30.6 Å². The molecule has 0 aliphatic carbocycles. The Bertz CT molecular complexity index is 819. The average Bonchev–Trinajstić information content (AvgIpc) is 2.77. The number of aryl methyl sites for hydroxylation is 3. The molecule has 1 aromatic carbocycles. The number of nitrogens with zero attached hydrogens (tertiary/aromatic N) is 2. The first-order chi connectivity index (χ1) is 9.45. The molecule has 2 nitrogen and oxygen atoms in total. The van der Waals surface area contributed by atoms with Crippen LogP contribution in [0.1, 0.15) is 16.7 Å². The molecule has 3 aromatic rings. The fourth-order valence-electron chi connectivity index (χ4n) is 2.39. The van der Waals surface area contributed by atoms with E-state index in [-0.39, 0.29) is 0 Å². The molecule has 0 saturated heterocycles. The monoisotopic (exact) mass is 304 g/mol. The molecule has 0 bridgehead atoms. The van der Waals surface area contributed by atoms with E-state index in [4.69, 9.17) is 23.2 Å². The van der Waals surface area contributed by atoms with Crippen molar-refractivity contribution < 1.29 is 0 Å². The Morgan fingerprint density at radius 1 is 0.900 bits per heavy atom. The molecule has 0 spiro atoms. The highest BCUT2D eigenvalue weighted by Crippen LogP contribution is 2.29. The van der Waals surface area contributed by atoms with Gasteiger partial charge in [0.25, 0.3) is 0 Å². The number of benzene rings is 1. The van der Waals surface area contributed by atoms with Gasteiger partial charge in [-0.25, -0.2) is 4.98 Å². The third-order valence-corrected chi connectivity index (χ3v) is 4.07. The number of imidazole rings is 1. The highest BCUT2D eigenvalue weighted by molar-refractivity contribution is 6.36. The van der Waals surface area contributed by atoms with Gasteiger partial charge in [0.1, 0.15) is 0 Å². The zero-order valence-corrected chi connectivity index (χ0v) is 13.0. The molecule has 0 aliphatic heterocycles. The number of halogens is 2. The van der Waals surface area contributed by atoms with Crippen LogP contribution in [-0.4, -0.2) is 9.38 Å². The van der Waals surface area contributed by atoms with Gasteiger partial charge in [-0.3, -0.25) is 0 Å². The van der Waals surface area contributed by atoms with Crippen molar-refractivity contribution in [3.05, 3.63) is 57.3 Å². The number of fused-ring (bicyclic) bond motifs is 1. The van der Waals surface area contributed by atoms with E-state index < -0.39 is 0 Å². The summed E-state index contributed by atoms with van der Waals surface area (Å²) in [4.78, 5) is 4.63. The normalized spacial score (nSPS) is 11.2. The van der Waals surface area contributed by atoms with Gasteiger partial charge in [-0.1, -0.05) is 29.3 Å². The fraction of sp³-hybridized carbons (Fsp3) is 0.188. The van der Waals surface area contributed by atoms with Gasteiger partial charge in [0.05, 0.1) is 15.7 Å². The van der Waals surface area contributed by atoms with Crippen molar-refractivity contribution >= 4 is 28.8 Å². The first-order valence-electron chi connectivity index (χ1n) is 6.37. The van der Waals surface area contributed by atoms with E-state index in [9.17, 15) is 0 Å². The third-order valence-electron chi connectivity index (χ3n) is 3.59. The molecule has 0 fully saturated rings. The maximum absolute atomic E-state index is 6.19. The number of hydrogen-bond acceptors (Lipinski definition) is 1. The summed E-state index contributed by atoms with van der Waals surface area (Å²) >= 11 is 12.2. The number of pyridine rings is 1. The van der Waals surface area contributed by atoms with Crippen molar-refractivity contribution in [2.45, 2.75) is 20.8 Å². The van der Waals surface area contributed by atoms with Crippen LogP contribution in [-0.2, 0) is 0 Å². The predicted molar refractivity (Wildman–Crippen MR) is 84.9 cm³/mol. The summed E-state index contributed by atoms with van der Waals surface area (Å²) in [7, 11) is 0. The van der Waals surface area contributed by atoms with Gasteiger partial charge in [0, 0.05) is 18.0 Å². The Hall–Kier alpha value is -1.51. The summed E-state index contributed by atoms with van der Waals surface area (Å²) in [5.41, 5.74) is 6.52. The summed E-state index contributed by atoms with van der Waals surface area (Å²) in [5, 5.41) is 1.16. The third kappa shape index (κ3) is 2.19. The fourth-order valence-corrected chi connectivity index (χ4v) is 2.92. The quantitative estimate of drug-likeness (QED) is 0.601. The Balaban J connectivity index is 2.25. The Labute approximate surface area is 128 Å². The maximum Gasteiger partial charge on any atom is 0.156 e. The van der Waals surface area contributed by atoms with Gasteiger partial charge in [0.15, 0.2) is 5.65 Å². The molecular formula is C16H14Cl2N2. The van der Waals surface area contributed by atoms with Crippen LogP contribution in [0.2, 0.25) is 10.0 Å². The van der Waals surface area contributed by atoms with Crippen LogP contribution in [0, 0.1) is 20.8 Å². The zero-order chi connectivity index (χ0) is 14.4. The lowest BCUT2D eigenvalue weighted by atomic mass is 9.99. The van der Waals surface area contributed by atoms with Crippen LogP contribution < -0.4 is 0 Å². The van der Waals surface area contributed by atoms with E-state index in [0.29, 0.717) is 10.0 Å². The molecule has 0 radical (unpaired) electrons. The average molecular weight is 305 g/mol. The van der Waals surface area contributed by atoms with Gasteiger partial charge < -0.3 is 4.40 Å². The van der Waals surface area contributed by atoms with Crippen molar-refractivity contribution in [3.8, 4) is 11.3 Å². The molecule has 0 unspecified atom stereocenters. The molecule has 20 heavy (non-hydrogen) atoms. The Kier molecular flexibility index (Phi) is 3.23. The number of aromatic nitrogens is 2. The summed E-state index contributed by atoms with van der Waals surface area (Å²) in [6, 6.07) is 6.06. The lowest BCUT2D eigenvalue weighted by Gasteiger charge is -2.07. The zero-order valence-electron chi connectivity index (χ0n) is 11.5. The second-order valence-corrected chi connectivity index (χ2v) is 5.96. The Morgan fingerprint density at radius 2 is 1.60 bits per heavy atom. The summed E-state index contributed by atoms with van der Waals surface area (Å²) in [6.45, 7) is 6.32. The van der Waals surface area contributed by atoms with E-state index in [2.05, 4.69) is 37.9 Å². The summed E-state index contributed by atoms with van der Waals surface area (Å²) < 4.78 is 1.87. The lowest BCUT2D eigenvalue weighted by molar-refractivity contribution is 1.19. The minimum atomic E-state index is 0.560. The van der Waals surface area contributed by atoms with Crippen LogP contribution in [0.5, 0.6) is 0 Å². The molecule has 0 aliphatic rings. The molecule has 0 saturated carbocycles. The number of rotatable bonds is 1. The molecule has 2 heterocycles. The van der Waals surface area contributed by atoms with Crippen LogP contribution in [0.3, 0.4) is 0 Å². The Morgan fingerprint density at radius 3 is 2.35 bits per heavy atom. The maximum atomic E-state index is 6.19. The van der Waals surface area contributed by atoms with Gasteiger partial charge in [0.2, 0.25) is 0 Å². The number of hydrogen-bond donors (Lipinski definition) is 0. The van der Waals surface area contributed by atoms with Gasteiger partial charge in [-0.15, -0.1) is 0 Å². The smallest absolute Gasteiger partial charge is 0.156 e. The van der Waals surface area contributed by atoms with E-state index in [1.807, 2.05) is 16.8 Å². The van der Waals surface area contributed by atoms with Gasteiger partial charge in [-0.05, 0) is 49.6 Å². The van der Waals surface area contributed by atoms with E-state index in [0.717, 1.165) is 16.9 Å². The van der Waals surface area contributed by atoms with E-state index >= 15 is 0 Å². The predicted octanol–water partition coefficient (Wildman–Crippen LogP) is 5.23. The van der Waals surface area contributed by atoms with Crippen molar-refractivity contribution in [2.24, 2.45) is 0 Å². The van der Waals surface area contributed by atoms with Crippen molar-refractivity contribution in [1.29, 1.82) is 0 Å². The second kappa shape index (κ2) is 4.80. The van der Waals surface area contributed by atoms with Crippen molar-refractivity contribution in [3.63, 3.8) is 0 Å². The first kappa shape index (κ1) is 13.5. The SMILES string of the molecule is Cc1cc(C)c(-c2cn3cc(Cl)cc(Cl)c3n2)cc1C. The van der Waals surface area contributed by atoms with Crippen LogP contribution in [0.25, 0.3) is 16.9 Å².